The molecule has 3 heterocycles. The van der Waals surface area contributed by atoms with Gasteiger partial charge in [0.25, 0.3) is 0 Å². The minimum Gasteiger partial charge on any atom is -0.378 e. The van der Waals surface area contributed by atoms with Gasteiger partial charge in [-0.1, -0.05) is 12.1 Å². The molecule has 2 aliphatic heterocycles. The van der Waals surface area contributed by atoms with Gasteiger partial charge in [0.2, 0.25) is 27.9 Å². The van der Waals surface area contributed by atoms with E-state index in [1.165, 1.54) is 0 Å². The molecule has 2 fully saturated rings. The first-order chi connectivity index (χ1) is 15.9. The molecule has 2 saturated heterocycles. The van der Waals surface area contributed by atoms with Gasteiger partial charge in [0.15, 0.2) is 0 Å². The van der Waals surface area contributed by atoms with Crippen LogP contribution in [0, 0.1) is 0 Å². The number of hydrogen-bond acceptors (Lipinski definition) is 11. The number of ether oxygens (including phenoxy) is 2. The lowest BCUT2D eigenvalue weighted by Gasteiger charge is -2.30. The van der Waals surface area contributed by atoms with Gasteiger partial charge in [-0.3, -0.25) is 4.72 Å². The Hall–Kier alpha value is -3.03. The van der Waals surface area contributed by atoms with Crippen LogP contribution in [0.1, 0.15) is 12.5 Å². The second kappa shape index (κ2) is 10.3. The predicted octanol–water partition coefficient (Wildman–Crippen LogP) is 0.752. The zero-order chi connectivity index (χ0) is 23.3. The van der Waals surface area contributed by atoms with Gasteiger partial charge in [-0.25, -0.2) is 13.8 Å². The molecular formula is C20H28N8O4S. The predicted molar refractivity (Wildman–Crippen MR) is 127 cm³/mol. The maximum atomic E-state index is 11.4. The number of anilines is 4. The molecule has 0 atom stereocenters. The van der Waals surface area contributed by atoms with Gasteiger partial charge in [-0.15, -0.1) is 0 Å². The number of benzene rings is 1. The Bertz CT molecular complexity index is 1050. The van der Waals surface area contributed by atoms with E-state index in [2.05, 4.69) is 40.0 Å². The van der Waals surface area contributed by atoms with Crippen LogP contribution in [0.4, 0.5) is 23.5 Å². The summed E-state index contributed by atoms with van der Waals surface area (Å²) in [6.07, 6.45) is 1.11. The molecule has 178 valence electrons. The zero-order valence-electron chi connectivity index (χ0n) is 18.7. The normalized spacial score (nSPS) is 17.7. The third-order valence-corrected chi connectivity index (χ3v) is 5.74. The third kappa shape index (κ3) is 6.49. The Labute approximate surface area is 193 Å². The van der Waals surface area contributed by atoms with Crippen LogP contribution < -0.4 is 19.9 Å². The molecule has 0 radical (unpaired) electrons. The molecule has 2 aliphatic rings. The second-order valence-corrected chi connectivity index (χ2v) is 9.47. The molecule has 33 heavy (non-hydrogen) atoms. The molecule has 0 amide bonds. The Morgan fingerprint density at radius 1 is 0.909 bits per heavy atom. The monoisotopic (exact) mass is 476 g/mol. The fourth-order valence-electron chi connectivity index (χ4n) is 3.41. The average Bonchev–Trinajstić information content (AvgIpc) is 2.83. The number of sulfonamides is 1. The molecule has 0 bridgehead atoms. The van der Waals surface area contributed by atoms with Crippen LogP contribution in [0.2, 0.25) is 0 Å². The SMILES string of the molecule is C/C(=N/Nc1nc(N2CCOCC2)nc(N2CCOCC2)n1)c1ccc(NS(C)(=O)=O)cc1. The standard InChI is InChI=1S/C20H28N8O4S/c1-15(16-3-5-17(6-4-16)26-33(2,29)30)24-25-18-21-19(27-7-11-31-12-8-27)23-20(22-18)28-9-13-32-14-10-28/h3-6,26H,7-14H2,1-2H3,(H,21,22,23,25)/b24-15-. The van der Waals surface area contributed by atoms with Crippen molar-refractivity contribution in [3.05, 3.63) is 29.8 Å². The molecule has 0 spiro atoms. The molecule has 12 nitrogen and oxygen atoms in total. The molecule has 1 aromatic heterocycles. The van der Waals surface area contributed by atoms with Crippen molar-refractivity contribution in [2.45, 2.75) is 6.92 Å². The molecule has 0 unspecified atom stereocenters. The quantitative estimate of drug-likeness (QED) is 0.435. The van der Waals surface area contributed by atoms with Gasteiger partial charge in [0.05, 0.1) is 38.4 Å². The molecular weight excluding hydrogens is 448 g/mol. The van der Waals surface area contributed by atoms with Crippen LogP contribution in [0.15, 0.2) is 29.4 Å². The van der Waals surface area contributed by atoms with Gasteiger partial charge >= 0.3 is 0 Å². The largest absolute Gasteiger partial charge is 0.378 e. The van der Waals surface area contributed by atoms with Crippen LogP contribution in [-0.4, -0.2) is 87.9 Å². The van der Waals surface area contributed by atoms with Crippen molar-refractivity contribution in [2.24, 2.45) is 5.10 Å². The summed E-state index contributed by atoms with van der Waals surface area (Å²) in [6.45, 7) is 7.20. The Morgan fingerprint density at radius 3 is 1.91 bits per heavy atom. The van der Waals surface area contributed by atoms with E-state index in [1.54, 1.807) is 24.3 Å². The smallest absolute Gasteiger partial charge is 0.250 e. The summed E-state index contributed by atoms with van der Waals surface area (Å²) in [5.41, 5.74) is 4.97. The molecule has 1 aromatic carbocycles. The molecule has 0 saturated carbocycles. The first kappa shape index (κ1) is 23.1. The van der Waals surface area contributed by atoms with Crippen molar-refractivity contribution < 1.29 is 17.9 Å². The fourth-order valence-corrected chi connectivity index (χ4v) is 3.97. The van der Waals surface area contributed by atoms with Crippen molar-refractivity contribution in [1.82, 2.24) is 15.0 Å². The highest BCUT2D eigenvalue weighted by molar-refractivity contribution is 7.92. The van der Waals surface area contributed by atoms with Crippen LogP contribution in [-0.2, 0) is 19.5 Å². The Kier molecular flexibility index (Phi) is 7.20. The van der Waals surface area contributed by atoms with E-state index in [0.717, 1.165) is 11.8 Å². The fraction of sp³-hybridized carbons (Fsp3) is 0.500. The van der Waals surface area contributed by atoms with Crippen molar-refractivity contribution in [2.75, 3.05) is 78.8 Å². The van der Waals surface area contributed by atoms with Crippen LogP contribution in [0.5, 0.6) is 0 Å². The summed E-state index contributed by atoms with van der Waals surface area (Å²) in [5.74, 6) is 1.52. The summed E-state index contributed by atoms with van der Waals surface area (Å²) in [5, 5.41) is 4.43. The lowest BCUT2D eigenvalue weighted by atomic mass is 10.1. The third-order valence-electron chi connectivity index (χ3n) is 5.13. The maximum absolute atomic E-state index is 11.4. The van der Waals surface area contributed by atoms with E-state index < -0.39 is 10.0 Å². The molecule has 2 aromatic rings. The maximum Gasteiger partial charge on any atom is 0.250 e. The van der Waals surface area contributed by atoms with Gasteiger partial charge in [-0.05, 0) is 24.6 Å². The summed E-state index contributed by atoms with van der Waals surface area (Å²) in [7, 11) is -3.32. The van der Waals surface area contributed by atoms with Gasteiger partial charge < -0.3 is 19.3 Å². The molecule has 2 N–H and O–H groups in total. The van der Waals surface area contributed by atoms with Gasteiger partial charge in [0.1, 0.15) is 0 Å². The van der Waals surface area contributed by atoms with Gasteiger partial charge in [-0.2, -0.15) is 20.1 Å². The van der Waals surface area contributed by atoms with Crippen LogP contribution in [0.25, 0.3) is 0 Å². The van der Waals surface area contributed by atoms with Crippen molar-refractivity contribution >= 4 is 39.3 Å². The number of morpholine rings is 2. The van der Waals surface area contributed by atoms with Crippen LogP contribution >= 0.6 is 0 Å². The van der Waals surface area contributed by atoms with Crippen molar-refractivity contribution in [1.29, 1.82) is 0 Å². The van der Waals surface area contributed by atoms with E-state index in [1.807, 2.05) is 6.92 Å². The Morgan fingerprint density at radius 2 is 1.42 bits per heavy atom. The summed E-state index contributed by atoms with van der Waals surface area (Å²) >= 11 is 0. The number of rotatable bonds is 7. The molecule has 13 heteroatoms. The van der Waals surface area contributed by atoms with E-state index in [9.17, 15) is 8.42 Å². The summed E-state index contributed by atoms with van der Waals surface area (Å²) in [6, 6.07) is 6.95. The van der Waals surface area contributed by atoms with E-state index in [0.29, 0.717) is 81.9 Å². The average molecular weight is 477 g/mol. The lowest BCUT2D eigenvalue weighted by molar-refractivity contribution is 0.121. The minimum absolute atomic E-state index is 0.350. The number of hydrazone groups is 1. The zero-order valence-corrected chi connectivity index (χ0v) is 19.5. The van der Waals surface area contributed by atoms with Gasteiger partial charge in [0, 0.05) is 31.9 Å². The highest BCUT2D eigenvalue weighted by atomic mass is 32.2. The molecule has 4 rings (SSSR count). The highest BCUT2D eigenvalue weighted by Gasteiger charge is 2.20. The van der Waals surface area contributed by atoms with E-state index >= 15 is 0 Å². The van der Waals surface area contributed by atoms with Crippen LogP contribution in [0.3, 0.4) is 0 Å². The Balaban J connectivity index is 1.53. The van der Waals surface area contributed by atoms with Crippen molar-refractivity contribution in [3.63, 3.8) is 0 Å². The molecule has 0 aliphatic carbocycles. The minimum atomic E-state index is -3.32. The summed E-state index contributed by atoms with van der Waals surface area (Å²) in [4.78, 5) is 18.0. The number of nitrogens with one attached hydrogen (secondary N) is 2. The second-order valence-electron chi connectivity index (χ2n) is 7.72. The first-order valence-corrected chi connectivity index (χ1v) is 12.6. The lowest BCUT2D eigenvalue weighted by Crippen LogP contribution is -2.40. The number of hydrogen-bond donors (Lipinski definition) is 2. The topological polar surface area (TPSA) is 134 Å². The number of aromatic nitrogens is 3. The van der Waals surface area contributed by atoms with E-state index in [-0.39, 0.29) is 0 Å². The highest BCUT2D eigenvalue weighted by Crippen LogP contribution is 2.19. The summed E-state index contributed by atoms with van der Waals surface area (Å²) < 4.78 is 36.1. The first-order valence-electron chi connectivity index (χ1n) is 10.7. The number of nitrogens with zero attached hydrogens (tertiary/aromatic N) is 6. The van der Waals surface area contributed by atoms with Crippen molar-refractivity contribution in [3.8, 4) is 0 Å². The van der Waals surface area contributed by atoms with E-state index in [4.69, 9.17) is 9.47 Å².